The van der Waals surface area contributed by atoms with E-state index in [9.17, 15) is 0 Å². The van der Waals surface area contributed by atoms with Gasteiger partial charge in [-0.05, 0) is 49.6 Å². The normalized spacial score (nSPS) is 20.8. The average molecular weight is 510 g/mol. The smallest absolute Gasteiger partial charge is 0.191 e. The summed E-state index contributed by atoms with van der Waals surface area (Å²) in [6.45, 7) is 3.52. The number of hydrogen-bond acceptors (Lipinski definition) is 3. The largest absolute Gasteiger partial charge is 0.381 e. The molecule has 1 heterocycles. The van der Waals surface area contributed by atoms with Crippen LogP contribution in [0, 0.1) is 0 Å². The van der Waals surface area contributed by atoms with Crippen LogP contribution >= 0.6 is 47.3 Å². The summed E-state index contributed by atoms with van der Waals surface area (Å²) in [5.74, 6) is 0.883. The van der Waals surface area contributed by atoms with Crippen LogP contribution in [-0.2, 0) is 10.2 Å². The molecule has 1 saturated heterocycles. The molecule has 7 heteroatoms. The third kappa shape index (κ3) is 5.42. The van der Waals surface area contributed by atoms with E-state index in [1.807, 2.05) is 30.9 Å². The van der Waals surface area contributed by atoms with Crippen LogP contribution in [0.3, 0.4) is 0 Å². The van der Waals surface area contributed by atoms with Crippen LogP contribution in [0.4, 0.5) is 0 Å². The summed E-state index contributed by atoms with van der Waals surface area (Å²) < 4.78 is 5.77. The lowest BCUT2D eigenvalue weighted by atomic mass is 9.96. The first-order valence-electron chi connectivity index (χ1n) is 8.95. The molecule has 0 atom stereocenters. The number of thioether (sulfide) groups is 1. The van der Waals surface area contributed by atoms with Crippen LogP contribution in [0.2, 0.25) is 5.02 Å². The van der Waals surface area contributed by atoms with Crippen molar-refractivity contribution in [2.24, 2.45) is 4.99 Å². The van der Waals surface area contributed by atoms with E-state index in [2.05, 4.69) is 34.0 Å². The van der Waals surface area contributed by atoms with Gasteiger partial charge in [-0.25, -0.2) is 0 Å². The third-order valence-corrected chi connectivity index (χ3v) is 7.18. The predicted molar refractivity (Wildman–Crippen MR) is 123 cm³/mol. The fraction of sp³-hybridized carbons (Fsp3) is 0.632. The minimum Gasteiger partial charge on any atom is -0.381 e. The SMILES string of the molecule is CN=C(NCC1(SC)CCOCC1)NCC1(c2cccc(Cl)c2)CC1.I. The Morgan fingerprint density at radius 3 is 2.46 bits per heavy atom. The fourth-order valence-corrected chi connectivity index (χ4v) is 4.43. The number of guanidine groups is 1. The van der Waals surface area contributed by atoms with Crippen molar-refractivity contribution in [1.29, 1.82) is 0 Å². The summed E-state index contributed by atoms with van der Waals surface area (Å²) in [5.41, 5.74) is 1.53. The van der Waals surface area contributed by atoms with Gasteiger partial charge in [-0.1, -0.05) is 23.7 Å². The molecule has 0 radical (unpaired) electrons. The van der Waals surface area contributed by atoms with Gasteiger partial charge in [-0.15, -0.1) is 24.0 Å². The number of nitrogens with zero attached hydrogens (tertiary/aromatic N) is 1. The van der Waals surface area contributed by atoms with Crippen molar-refractivity contribution in [3.8, 4) is 0 Å². The van der Waals surface area contributed by atoms with E-state index in [-0.39, 0.29) is 34.1 Å². The number of hydrogen-bond donors (Lipinski definition) is 2. The van der Waals surface area contributed by atoms with E-state index < -0.39 is 0 Å². The monoisotopic (exact) mass is 509 g/mol. The molecular formula is C19H29ClIN3OS. The van der Waals surface area contributed by atoms with Gasteiger partial charge in [0, 0.05) is 48.5 Å². The summed E-state index contributed by atoms with van der Waals surface area (Å²) in [6, 6.07) is 8.25. The summed E-state index contributed by atoms with van der Waals surface area (Å²) in [4.78, 5) is 4.41. The molecule has 2 N–H and O–H groups in total. The van der Waals surface area contributed by atoms with E-state index in [4.69, 9.17) is 16.3 Å². The van der Waals surface area contributed by atoms with Crippen molar-refractivity contribution < 1.29 is 4.74 Å². The highest BCUT2D eigenvalue weighted by Gasteiger charge is 2.44. The molecular weight excluding hydrogens is 481 g/mol. The first-order valence-corrected chi connectivity index (χ1v) is 10.6. The molecule has 1 aromatic carbocycles. The van der Waals surface area contributed by atoms with Gasteiger partial charge in [-0.3, -0.25) is 4.99 Å². The Morgan fingerprint density at radius 1 is 1.19 bits per heavy atom. The molecule has 1 saturated carbocycles. The summed E-state index contributed by atoms with van der Waals surface area (Å²) in [7, 11) is 1.84. The molecule has 0 bridgehead atoms. The Morgan fingerprint density at radius 2 is 1.88 bits per heavy atom. The van der Waals surface area contributed by atoms with Crippen molar-refractivity contribution in [3.05, 3.63) is 34.9 Å². The molecule has 0 amide bonds. The highest BCUT2D eigenvalue weighted by Crippen LogP contribution is 2.48. The first-order chi connectivity index (χ1) is 12.1. The summed E-state index contributed by atoms with van der Waals surface area (Å²) >= 11 is 8.11. The van der Waals surface area contributed by atoms with Gasteiger partial charge in [-0.2, -0.15) is 11.8 Å². The van der Waals surface area contributed by atoms with Gasteiger partial charge in [0.05, 0.1) is 0 Å². The molecule has 2 aliphatic rings. The van der Waals surface area contributed by atoms with Crippen LogP contribution in [0.5, 0.6) is 0 Å². The Balaban J connectivity index is 0.00000243. The van der Waals surface area contributed by atoms with E-state index in [1.165, 1.54) is 18.4 Å². The molecule has 0 aromatic heterocycles. The molecule has 0 spiro atoms. The number of rotatable bonds is 6. The number of ether oxygens (including phenoxy) is 1. The predicted octanol–water partition coefficient (Wildman–Crippen LogP) is 4.07. The zero-order valence-electron chi connectivity index (χ0n) is 15.5. The molecule has 1 aliphatic heterocycles. The third-order valence-electron chi connectivity index (χ3n) is 5.52. The molecule has 26 heavy (non-hydrogen) atoms. The molecule has 2 fully saturated rings. The van der Waals surface area contributed by atoms with Crippen LogP contribution in [0.15, 0.2) is 29.3 Å². The van der Waals surface area contributed by atoms with Gasteiger partial charge in [0.2, 0.25) is 0 Å². The highest BCUT2D eigenvalue weighted by molar-refractivity contribution is 14.0. The summed E-state index contributed by atoms with van der Waals surface area (Å²) in [5, 5.41) is 7.87. The minimum absolute atomic E-state index is 0. The van der Waals surface area contributed by atoms with E-state index in [0.29, 0.717) is 0 Å². The highest BCUT2D eigenvalue weighted by atomic mass is 127. The first kappa shape index (κ1) is 22.1. The van der Waals surface area contributed by atoms with Crippen molar-refractivity contribution in [1.82, 2.24) is 10.6 Å². The topological polar surface area (TPSA) is 45.7 Å². The average Bonchev–Trinajstić information content (AvgIpc) is 3.44. The second-order valence-electron chi connectivity index (χ2n) is 7.07. The van der Waals surface area contributed by atoms with Crippen molar-refractivity contribution in [2.75, 3.05) is 39.6 Å². The number of nitrogens with one attached hydrogen (secondary N) is 2. The van der Waals surface area contributed by atoms with Gasteiger partial charge in [0.15, 0.2) is 5.96 Å². The Bertz CT molecular complexity index is 619. The zero-order valence-corrected chi connectivity index (χ0v) is 19.4. The quantitative estimate of drug-likeness (QED) is 0.345. The molecule has 1 aliphatic carbocycles. The number of benzene rings is 1. The van der Waals surface area contributed by atoms with Gasteiger partial charge in [0.25, 0.3) is 0 Å². The second-order valence-corrected chi connectivity index (χ2v) is 8.78. The van der Waals surface area contributed by atoms with Crippen molar-refractivity contribution in [2.45, 2.75) is 35.8 Å². The van der Waals surface area contributed by atoms with Crippen molar-refractivity contribution >= 4 is 53.3 Å². The van der Waals surface area contributed by atoms with Crippen LogP contribution in [-0.4, -0.2) is 50.3 Å². The Kier molecular flexibility index (Phi) is 8.37. The van der Waals surface area contributed by atoms with Crippen molar-refractivity contribution in [3.63, 3.8) is 0 Å². The molecule has 3 rings (SSSR count). The number of halogens is 2. The van der Waals surface area contributed by atoms with E-state index in [0.717, 1.165) is 50.1 Å². The van der Waals surface area contributed by atoms with Gasteiger partial charge in [0.1, 0.15) is 0 Å². The second kappa shape index (κ2) is 9.85. The lowest BCUT2D eigenvalue weighted by molar-refractivity contribution is 0.0783. The van der Waals surface area contributed by atoms with E-state index >= 15 is 0 Å². The molecule has 0 unspecified atom stereocenters. The maximum Gasteiger partial charge on any atom is 0.191 e. The van der Waals surface area contributed by atoms with Gasteiger partial charge >= 0.3 is 0 Å². The maximum absolute atomic E-state index is 6.17. The van der Waals surface area contributed by atoms with Crippen LogP contribution < -0.4 is 10.6 Å². The fourth-order valence-electron chi connectivity index (χ4n) is 3.45. The minimum atomic E-state index is 0. The molecule has 146 valence electrons. The van der Waals surface area contributed by atoms with Gasteiger partial charge < -0.3 is 15.4 Å². The van der Waals surface area contributed by atoms with Crippen LogP contribution in [0.25, 0.3) is 0 Å². The standard InChI is InChI=1S/C19H28ClN3OS.HI/c1-21-17(23-14-19(25-2)8-10-24-11-9-19)22-13-18(6-7-18)15-4-3-5-16(20)12-15;/h3-5,12H,6-11,13-14H2,1-2H3,(H2,21,22,23);1H. The molecule has 4 nitrogen and oxygen atoms in total. The lowest BCUT2D eigenvalue weighted by Crippen LogP contribution is -2.49. The lowest BCUT2D eigenvalue weighted by Gasteiger charge is -2.36. The maximum atomic E-state index is 6.17. The number of aliphatic imine (C=N–C) groups is 1. The van der Waals surface area contributed by atoms with Crippen LogP contribution in [0.1, 0.15) is 31.2 Å². The summed E-state index contributed by atoms with van der Waals surface area (Å²) in [6.07, 6.45) is 6.77. The van der Waals surface area contributed by atoms with E-state index in [1.54, 1.807) is 0 Å². The Labute approximate surface area is 183 Å². The zero-order chi connectivity index (χ0) is 17.8. The molecule has 1 aromatic rings. The Hall–Kier alpha value is -0.180.